The van der Waals surface area contributed by atoms with Gasteiger partial charge < -0.3 is 25.2 Å². The fourth-order valence-corrected chi connectivity index (χ4v) is 1.72. The third-order valence-corrected chi connectivity index (χ3v) is 2.60. The van der Waals surface area contributed by atoms with E-state index < -0.39 is 12.6 Å². The molecule has 0 heterocycles. The monoisotopic (exact) mass is 296 g/mol. The lowest BCUT2D eigenvalue weighted by Gasteiger charge is -2.21. The van der Waals surface area contributed by atoms with E-state index in [-0.39, 0.29) is 19.2 Å². The summed E-state index contributed by atoms with van der Waals surface area (Å²) in [6, 6.07) is 6.17. The minimum atomic E-state index is -1.07. The number of amides is 2. The maximum atomic E-state index is 12.0. The van der Waals surface area contributed by atoms with E-state index >= 15 is 0 Å². The molecule has 0 atom stereocenters. The van der Waals surface area contributed by atoms with Crippen LogP contribution in [0.25, 0.3) is 0 Å². The molecule has 116 valence electrons. The van der Waals surface area contributed by atoms with Crippen LogP contribution in [0.15, 0.2) is 24.3 Å². The van der Waals surface area contributed by atoms with Gasteiger partial charge in [0.05, 0.1) is 6.61 Å². The van der Waals surface area contributed by atoms with Gasteiger partial charge in [0.1, 0.15) is 5.75 Å². The molecule has 0 bridgehead atoms. The molecule has 2 amide bonds. The predicted molar refractivity (Wildman–Crippen MR) is 77.5 cm³/mol. The van der Waals surface area contributed by atoms with E-state index in [1.165, 1.54) is 4.90 Å². The Labute approximate surface area is 123 Å². The minimum absolute atomic E-state index is 0.102. The van der Waals surface area contributed by atoms with Crippen molar-refractivity contribution >= 4 is 17.7 Å². The van der Waals surface area contributed by atoms with Crippen LogP contribution in [0.1, 0.15) is 13.3 Å². The Morgan fingerprint density at radius 3 is 2.71 bits per heavy atom. The first-order valence-corrected chi connectivity index (χ1v) is 6.68. The number of hydrogen-bond donors (Lipinski definition) is 3. The van der Waals surface area contributed by atoms with Crippen molar-refractivity contribution in [1.82, 2.24) is 4.90 Å². The number of aliphatic hydroxyl groups is 1. The Morgan fingerprint density at radius 1 is 1.33 bits per heavy atom. The van der Waals surface area contributed by atoms with Crippen molar-refractivity contribution in [3.05, 3.63) is 24.3 Å². The van der Waals surface area contributed by atoms with Gasteiger partial charge in [-0.25, -0.2) is 9.59 Å². The second-order valence-corrected chi connectivity index (χ2v) is 4.35. The van der Waals surface area contributed by atoms with Crippen molar-refractivity contribution in [3.8, 4) is 5.75 Å². The zero-order valence-electron chi connectivity index (χ0n) is 11.9. The number of benzene rings is 1. The molecule has 3 N–H and O–H groups in total. The molecule has 0 aliphatic heterocycles. The first-order valence-electron chi connectivity index (χ1n) is 6.68. The molecule has 0 aliphatic carbocycles. The van der Waals surface area contributed by atoms with E-state index in [0.29, 0.717) is 18.0 Å². The lowest BCUT2D eigenvalue weighted by Crippen LogP contribution is -2.37. The van der Waals surface area contributed by atoms with Gasteiger partial charge in [-0.3, -0.25) is 0 Å². The lowest BCUT2D eigenvalue weighted by atomic mass is 10.3. The van der Waals surface area contributed by atoms with Crippen molar-refractivity contribution in [3.63, 3.8) is 0 Å². The molecule has 0 unspecified atom stereocenters. The number of carbonyl (C=O) groups excluding carboxylic acids is 1. The summed E-state index contributed by atoms with van der Waals surface area (Å²) in [5, 5.41) is 20.2. The number of urea groups is 1. The SMILES string of the molecule is CCCN(CCO)C(=O)Nc1cccc(OCC(=O)O)c1. The highest BCUT2D eigenvalue weighted by Crippen LogP contribution is 2.17. The summed E-state index contributed by atoms with van der Waals surface area (Å²) in [6.07, 6.45) is 0.787. The average molecular weight is 296 g/mol. The van der Waals surface area contributed by atoms with E-state index in [4.69, 9.17) is 14.9 Å². The van der Waals surface area contributed by atoms with Gasteiger partial charge in [-0.15, -0.1) is 0 Å². The van der Waals surface area contributed by atoms with Crippen LogP contribution < -0.4 is 10.1 Å². The smallest absolute Gasteiger partial charge is 0.341 e. The summed E-state index contributed by atoms with van der Waals surface area (Å²) in [5.41, 5.74) is 0.502. The van der Waals surface area contributed by atoms with Gasteiger partial charge in [-0.05, 0) is 18.6 Å². The van der Waals surface area contributed by atoms with Crippen LogP contribution >= 0.6 is 0 Å². The highest BCUT2D eigenvalue weighted by molar-refractivity contribution is 5.89. The van der Waals surface area contributed by atoms with Gasteiger partial charge in [0.2, 0.25) is 0 Å². The van der Waals surface area contributed by atoms with E-state index in [9.17, 15) is 9.59 Å². The molecule has 0 aliphatic rings. The van der Waals surface area contributed by atoms with Crippen molar-refractivity contribution in [1.29, 1.82) is 0 Å². The normalized spacial score (nSPS) is 10.0. The van der Waals surface area contributed by atoms with Gasteiger partial charge in [-0.2, -0.15) is 0 Å². The lowest BCUT2D eigenvalue weighted by molar-refractivity contribution is -0.139. The Kier molecular flexibility index (Phi) is 7.03. The van der Waals surface area contributed by atoms with Crippen LogP contribution in [0.2, 0.25) is 0 Å². The fraction of sp³-hybridized carbons (Fsp3) is 0.429. The number of rotatable bonds is 8. The van der Waals surface area contributed by atoms with Crippen LogP contribution in [-0.2, 0) is 4.79 Å². The zero-order chi connectivity index (χ0) is 15.7. The van der Waals surface area contributed by atoms with Gasteiger partial charge in [0.25, 0.3) is 0 Å². The predicted octanol–water partition coefficient (Wildman–Crippen LogP) is 1.39. The highest BCUT2D eigenvalue weighted by Gasteiger charge is 2.12. The van der Waals surface area contributed by atoms with Crippen LogP contribution in [0.3, 0.4) is 0 Å². The number of aliphatic carboxylic acids is 1. The number of carboxylic acids is 1. The number of carbonyl (C=O) groups is 2. The average Bonchev–Trinajstić information content (AvgIpc) is 2.45. The number of aliphatic hydroxyl groups excluding tert-OH is 1. The molecule has 1 aromatic rings. The molecule has 0 saturated carbocycles. The maximum Gasteiger partial charge on any atom is 0.341 e. The van der Waals surface area contributed by atoms with Gasteiger partial charge >= 0.3 is 12.0 Å². The maximum absolute atomic E-state index is 12.0. The molecule has 1 rings (SSSR count). The van der Waals surface area contributed by atoms with Crippen molar-refractivity contribution in [2.24, 2.45) is 0 Å². The number of anilines is 1. The standard InChI is InChI=1S/C14H20N2O5/c1-2-6-16(7-8-17)14(20)15-11-4-3-5-12(9-11)21-10-13(18)19/h3-5,9,17H,2,6-8,10H2,1H3,(H,15,20)(H,18,19). The zero-order valence-corrected chi connectivity index (χ0v) is 11.9. The van der Waals surface area contributed by atoms with E-state index in [1.807, 2.05) is 6.92 Å². The van der Waals surface area contributed by atoms with E-state index in [0.717, 1.165) is 6.42 Å². The van der Waals surface area contributed by atoms with Gasteiger partial charge in [-0.1, -0.05) is 13.0 Å². The second kappa shape index (κ2) is 8.80. The Hall–Kier alpha value is -2.28. The number of carboxylic acid groups (broad SMARTS) is 1. The van der Waals surface area contributed by atoms with Crippen molar-refractivity contribution < 1.29 is 24.5 Å². The minimum Gasteiger partial charge on any atom is -0.482 e. The Balaban J connectivity index is 2.66. The van der Waals surface area contributed by atoms with Crippen LogP contribution in [0, 0.1) is 0 Å². The summed E-state index contributed by atoms with van der Waals surface area (Å²) < 4.78 is 5.04. The molecule has 0 fully saturated rings. The largest absolute Gasteiger partial charge is 0.482 e. The molecule has 0 aromatic heterocycles. The molecule has 7 heteroatoms. The van der Waals surface area contributed by atoms with Crippen LogP contribution in [-0.4, -0.2) is 53.4 Å². The first kappa shape index (κ1) is 16.8. The Bertz CT molecular complexity index is 472. The summed E-state index contributed by atoms with van der Waals surface area (Å²) in [7, 11) is 0. The summed E-state index contributed by atoms with van der Waals surface area (Å²) in [5.74, 6) is -0.707. The van der Waals surface area contributed by atoms with Crippen molar-refractivity contribution in [2.75, 3.05) is 31.6 Å². The van der Waals surface area contributed by atoms with Crippen LogP contribution in [0.5, 0.6) is 5.75 Å². The summed E-state index contributed by atoms with van der Waals surface area (Å²) >= 11 is 0. The summed E-state index contributed by atoms with van der Waals surface area (Å²) in [6.45, 7) is 2.20. The molecule has 0 radical (unpaired) electrons. The topological polar surface area (TPSA) is 99.1 Å². The summed E-state index contributed by atoms with van der Waals surface area (Å²) in [4.78, 5) is 24.0. The molecular formula is C14H20N2O5. The molecule has 7 nitrogen and oxygen atoms in total. The first-order chi connectivity index (χ1) is 10.1. The Morgan fingerprint density at radius 2 is 2.10 bits per heavy atom. The van der Waals surface area contributed by atoms with E-state index in [1.54, 1.807) is 24.3 Å². The fourth-order valence-electron chi connectivity index (χ4n) is 1.72. The number of ether oxygens (including phenoxy) is 1. The number of nitrogens with one attached hydrogen (secondary N) is 1. The third-order valence-electron chi connectivity index (χ3n) is 2.60. The van der Waals surface area contributed by atoms with E-state index in [2.05, 4.69) is 5.32 Å². The quantitative estimate of drug-likeness (QED) is 0.673. The number of hydrogen-bond acceptors (Lipinski definition) is 4. The van der Waals surface area contributed by atoms with Gasteiger partial charge in [0.15, 0.2) is 6.61 Å². The van der Waals surface area contributed by atoms with Gasteiger partial charge in [0, 0.05) is 24.8 Å². The molecule has 21 heavy (non-hydrogen) atoms. The molecule has 0 saturated heterocycles. The second-order valence-electron chi connectivity index (χ2n) is 4.35. The van der Waals surface area contributed by atoms with Crippen LogP contribution in [0.4, 0.5) is 10.5 Å². The highest BCUT2D eigenvalue weighted by atomic mass is 16.5. The molecule has 0 spiro atoms. The molecular weight excluding hydrogens is 276 g/mol. The molecule has 1 aromatic carbocycles. The van der Waals surface area contributed by atoms with Crippen molar-refractivity contribution in [2.45, 2.75) is 13.3 Å². The number of nitrogens with zero attached hydrogens (tertiary/aromatic N) is 1. The third kappa shape index (κ3) is 6.13.